The Morgan fingerprint density at radius 1 is 1.44 bits per heavy atom. The van der Waals surface area contributed by atoms with E-state index in [2.05, 4.69) is 9.97 Å². The summed E-state index contributed by atoms with van der Waals surface area (Å²) >= 11 is 0. The highest BCUT2D eigenvalue weighted by molar-refractivity contribution is 6.14. The van der Waals surface area contributed by atoms with Gasteiger partial charge in [-0.25, -0.2) is 4.98 Å². The van der Waals surface area contributed by atoms with Crippen LogP contribution in [0.4, 0.5) is 0 Å². The van der Waals surface area contributed by atoms with E-state index >= 15 is 0 Å². The Morgan fingerprint density at radius 2 is 2.25 bits per heavy atom. The fraction of sp³-hybridized carbons (Fsp3) is 0.167. The lowest BCUT2D eigenvalue weighted by atomic mass is 10.1. The van der Waals surface area contributed by atoms with E-state index in [0.29, 0.717) is 17.0 Å². The number of Topliss-reactive ketones (excluding diaryl/α,β-unsaturated/α-hetero) is 1. The third kappa shape index (κ3) is 1.10. The van der Waals surface area contributed by atoms with Crippen LogP contribution in [0, 0.1) is 6.92 Å². The van der Waals surface area contributed by atoms with Crippen LogP contribution >= 0.6 is 0 Å². The standard InChI is InChI=1S/C12H10N2O2/c1-6(15)8-5-13-9-3-4-10-12(11(8)9)16-7(2)14-10/h3-5,13H,1-2H3. The molecule has 0 fully saturated rings. The number of carbonyl (C=O) groups is 1. The second-order valence-corrected chi connectivity index (χ2v) is 3.83. The Morgan fingerprint density at radius 3 is 3.00 bits per heavy atom. The van der Waals surface area contributed by atoms with Crippen molar-refractivity contribution in [3.63, 3.8) is 0 Å². The van der Waals surface area contributed by atoms with Gasteiger partial charge in [-0.1, -0.05) is 0 Å². The Bertz CT molecular complexity index is 706. The fourth-order valence-electron chi connectivity index (χ4n) is 1.99. The Hall–Kier alpha value is -2.10. The number of benzene rings is 1. The molecule has 0 aliphatic carbocycles. The Balaban J connectivity index is 2.55. The number of aromatic nitrogens is 2. The number of hydrogen-bond donors (Lipinski definition) is 1. The van der Waals surface area contributed by atoms with Gasteiger partial charge in [-0.15, -0.1) is 0 Å². The van der Waals surface area contributed by atoms with Crippen molar-refractivity contribution in [2.75, 3.05) is 0 Å². The van der Waals surface area contributed by atoms with Gasteiger partial charge in [0.05, 0.1) is 10.9 Å². The summed E-state index contributed by atoms with van der Waals surface area (Å²) in [5, 5.41) is 0.825. The summed E-state index contributed by atoms with van der Waals surface area (Å²) in [6.07, 6.45) is 1.71. The summed E-state index contributed by atoms with van der Waals surface area (Å²) in [5.41, 5.74) is 3.01. The maximum atomic E-state index is 11.5. The first-order valence-corrected chi connectivity index (χ1v) is 5.05. The molecular weight excluding hydrogens is 204 g/mol. The second kappa shape index (κ2) is 2.95. The molecule has 3 aromatic rings. The number of aromatic amines is 1. The lowest BCUT2D eigenvalue weighted by Gasteiger charge is -1.93. The number of ketones is 1. The molecule has 4 nitrogen and oxygen atoms in total. The quantitative estimate of drug-likeness (QED) is 0.633. The Labute approximate surface area is 91.3 Å². The molecule has 0 radical (unpaired) electrons. The number of oxazole rings is 1. The van der Waals surface area contributed by atoms with Crippen molar-refractivity contribution in [1.29, 1.82) is 0 Å². The van der Waals surface area contributed by atoms with E-state index in [9.17, 15) is 4.79 Å². The molecule has 16 heavy (non-hydrogen) atoms. The minimum atomic E-state index is 0.0211. The molecule has 0 bridgehead atoms. The molecule has 3 rings (SSSR count). The van der Waals surface area contributed by atoms with E-state index in [0.717, 1.165) is 16.4 Å². The summed E-state index contributed by atoms with van der Waals surface area (Å²) in [6, 6.07) is 3.79. The SMILES string of the molecule is CC(=O)c1c[nH]c2ccc3nc(C)oc3c12. The van der Waals surface area contributed by atoms with E-state index in [4.69, 9.17) is 4.42 Å². The lowest BCUT2D eigenvalue weighted by Crippen LogP contribution is -1.88. The van der Waals surface area contributed by atoms with Gasteiger partial charge in [0.2, 0.25) is 0 Å². The zero-order valence-electron chi connectivity index (χ0n) is 9.00. The van der Waals surface area contributed by atoms with Crippen LogP contribution in [0.1, 0.15) is 23.2 Å². The molecule has 1 aromatic carbocycles. The average Bonchev–Trinajstić information content (AvgIpc) is 2.77. The number of nitrogens with zero attached hydrogens (tertiary/aromatic N) is 1. The van der Waals surface area contributed by atoms with Crippen molar-refractivity contribution in [2.24, 2.45) is 0 Å². The van der Waals surface area contributed by atoms with Crippen LogP contribution < -0.4 is 0 Å². The lowest BCUT2D eigenvalue weighted by molar-refractivity contribution is 0.101. The molecule has 0 aliphatic rings. The van der Waals surface area contributed by atoms with Gasteiger partial charge in [-0.2, -0.15) is 0 Å². The van der Waals surface area contributed by atoms with Crippen molar-refractivity contribution in [2.45, 2.75) is 13.8 Å². The highest BCUT2D eigenvalue weighted by Crippen LogP contribution is 2.28. The topological polar surface area (TPSA) is 58.9 Å². The highest BCUT2D eigenvalue weighted by Gasteiger charge is 2.14. The summed E-state index contributed by atoms with van der Waals surface area (Å²) in [5.74, 6) is 0.631. The number of nitrogens with one attached hydrogen (secondary N) is 1. The molecular formula is C12H10N2O2. The van der Waals surface area contributed by atoms with E-state index in [-0.39, 0.29) is 5.78 Å². The van der Waals surface area contributed by atoms with Gasteiger partial charge in [0.25, 0.3) is 0 Å². The molecule has 0 saturated carbocycles. The molecule has 0 aliphatic heterocycles. The number of rotatable bonds is 1. The van der Waals surface area contributed by atoms with Crippen molar-refractivity contribution in [3.05, 3.63) is 29.8 Å². The Kier molecular flexibility index (Phi) is 1.68. The predicted octanol–water partition coefficient (Wildman–Crippen LogP) is 2.82. The van der Waals surface area contributed by atoms with Crippen LogP contribution in [0.15, 0.2) is 22.7 Å². The maximum Gasteiger partial charge on any atom is 0.192 e. The van der Waals surface area contributed by atoms with Crippen molar-refractivity contribution < 1.29 is 9.21 Å². The predicted molar refractivity (Wildman–Crippen MR) is 60.6 cm³/mol. The summed E-state index contributed by atoms with van der Waals surface area (Å²) in [4.78, 5) is 18.8. The van der Waals surface area contributed by atoms with Crippen LogP contribution in [0.2, 0.25) is 0 Å². The summed E-state index contributed by atoms with van der Waals surface area (Å²) in [7, 11) is 0. The molecule has 2 heterocycles. The minimum absolute atomic E-state index is 0.0211. The zero-order chi connectivity index (χ0) is 11.3. The van der Waals surface area contributed by atoms with Crippen LogP contribution in [-0.2, 0) is 0 Å². The number of hydrogen-bond acceptors (Lipinski definition) is 3. The van der Waals surface area contributed by atoms with E-state index in [1.54, 1.807) is 20.0 Å². The van der Waals surface area contributed by atoms with Crippen molar-refractivity contribution in [1.82, 2.24) is 9.97 Å². The first kappa shape index (κ1) is 9.15. The highest BCUT2D eigenvalue weighted by atomic mass is 16.3. The minimum Gasteiger partial charge on any atom is -0.440 e. The third-order valence-electron chi connectivity index (χ3n) is 2.69. The van der Waals surface area contributed by atoms with Crippen LogP contribution in [0.3, 0.4) is 0 Å². The van der Waals surface area contributed by atoms with Gasteiger partial charge in [-0.3, -0.25) is 4.79 Å². The summed E-state index contributed by atoms with van der Waals surface area (Å²) < 4.78 is 5.55. The largest absolute Gasteiger partial charge is 0.440 e. The van der Waals surface area contributed by atoms with Gasteiger partial charge in [-0.05, 0) is 19.1 Å². The van der Waals surface area contributed by atoms with E-state index in [1.165, 1.54) is 0 Å². The van der Waals surface area contributed by atoms with Crippen LogP contribution in [0.5, 0.6) is 0 Å². The number of H-pyrrole nitrogens is 1. The molecule has 2 aromatic heterocycles. The molecule has 0 unspecified atom stereocenters. The molecule has 0 spiro atoms. The van der Waals surface area contributed by atoms with E-state index < -0.39 is 0 Å². The van der Waals surface area contributed by atoms with Gasteiger partial charge in [0.1, 0.15) is 5.52 Å². The zero-order valence-corrected chi connectivity index (χ0v) is 9.00. The molecule has 1 N–H and O–H groups in total. The first-order chi connectivity index (χ1) is 7.66. The first-order valence-electron chi connectivity index (χ1n) is 5.05. The van der Waals surface area contributed by atoms with Gasteiger partial charge >= 0.3 is 0 Å². The molecule has 0 amide bonds. The third-order valence-corrected chi connectivity index (χ3v) is 2.69. The number of aryl methyl sites for hydroxylation is 1. The normalized spacial score (nSPS) is 11.4. The molecule has 4 heteroatoms. The number of fused-ring (bicyclic) bond motifs is 3. The van der Waals surface area contributed by atoms with E-state index in [1.807, 2.05) is 12.1 Å². The van der Waals surface area contributed by atoms with Crippen molar-refractivity contribution >= 4 is 27.8 Å². The van der Waals surface area contributed by atoms with Crippen LogP contribution in [0.25, 0.3) is 22.0 Å². The monoisotopic (exact) mass is 214 g/mol. The van der Waals surface area contributed by atoms with Gasteiger partial charge < -0.3 is 9.40 Å². The maximum absolute atomic E-state index is 11.5. The average molecular weight is 214 g/mol. The van der Waals surface area contributed by atoms with Crippen LogP contribution in [-0.4, -0.2) is 15.8 Å². The number of carbonyl (C=O) groups excluding carboxylic acids is 1. The smallest absolute Gasteiger partial charge is 0.192 e. The second-order valence-electron chi connectivity index (χ2n) is 3.83. The molecule has 80 valence electrons. The van der Waals surface area contributed by atoms with Crippen molar-refractivity contribution in [3.8, 4) is 0 Å². The fourth-order valence-corrected chi connectivity index (χ4v) is 1.99. The van der Waals surface area contributed by atoms with Gasteiger partial charge in [0, 0.05) is 18.7 Å². The summed E-state index contributed by atoms with van der Waals surface area (Å²) in [6.45, 7) is 3.34. The van der Waals surface area contributed by atoms with Gasteiger partial charge in [0.15, 0.2) is 17.3 Å². The molecule has 0 saturated heterocycles. The molecule has 0 atom stereocenters.